The lowest BCUT2D eigenvalue weighted by Gasteiger charge is -2.16. The van der Waals surface area contributed by atoms with Crippen molar-refractivity contribution in [3.8, 4) is 0 Å². The lowest BCUT2D eigenvalue weighted by Crippen LogP contribution is -2.34. The highest BCUT2D eigenvalue weighted by atomic mass is 35.5. The van der Waals surface area contributed by atoms with Crippen LogP contribution in [0.1, 0.15) is 26.2 Å². The first-order chi connectivity index (χ1) is 7.27. The molecule has 1 rings (SSSR count). The molecule has 2 unspecified atom stereocenters. The van der Waals surface area contributed by atoms with Crippen molar-refractivity contribution in [2.24, 2.45) is 11.8 Å². The van der Waals surface area contributed by atoms with Gasteiger partial charge in [0.2, 0.25) is 5.91 Å². The fraction of sp³-hybridized carbons (Fsp3) is 0.909. The predicted octanol–water partition coefficient (Wildman–Crippen LogP) is 2.51. The summed E-state index contributed by atoms with van der Waals surface area (Å²) in [5, 5.41) is 3.05. The first-order valence-electron chi connectivity index (χ1n) is 5.69. The van der Waals surface area contributed by atoms with Gasteiger partial charge in [0.05, 0.1) is 0 Å². The normalized spacial score (nSPS) is 22.7. The van der Waals surface area contributed by atoms with E-state index in [9.17, 15) is 4.79 Å². The van der Waals surface area contributed by atoms with Crippen molar-refractivity contribution in [1.29, 1.82) is 0 Å². The molecule has 0 radical (unpaired) electrons. The van der Waals surface area contributed by atoms with Crippen molar-refractivity contribution >= 4 is 29.3 Å². The van der Waals surface area contributed by atoms with Crippen LogP contribution >= 0.6 is 23.4 Å². The minimum absolute atomic E-state index is 0.244. The Morgan fingerprint density at radius 3 is 3.00 bits per heavy atom. The Kier molecular flexibility index (Phi) is 6.50. The highest BCUT2D eigenvalue weighted by Crippen LogP contribution is 2.23. The number of nitrogens with one attached hydrogen (secondary N) is 1. The van der Waals surface area contributed by atoms with E-state index in [1.165, 1.54) is 0 Å². The maximum atomic E-state index is 11.7. The van der Waals surface area contributed by atoms with E-state index < -0.39 is 0 Å². The number of alkyl halides is 1. The van der Waals surface area contributed by atoms with E-state index in [2.05, 4.69) is 12.2 Å². The lowest BCUT2D eigenvalue weighted by molar-refractivity contribution is -0.124. The molecule has 2 nitrogen and oxygen atoms in total. The molecule has 2 atom stereocenters. The molecule has 88 valence electrons. The molecule has 1 aliphatic heterocycles. The van der Waals surface area contributed by atoms with Crippen molar-refractivity contribution in [2.45, 2.75) is 26.2 Å². The maximum absolute atomic E-state index is 11.7. The topological polar surface area (TPSA) is 29.1 Å². The zero-order valence-electron chi connectivity index (χ0n) is 9.30. The molecule has 0 saturated carbocycles. The average molecular weight is 250 g/mol. The van der Waals surface area contributed by atoms with Crippen LogP contribution < -0.4 is 5.32 Å². The summed E-state index contributed by atoms with van der Waals surface area (Å²) in [7, 11) is 0. The third kappa shape index (κ3) is 4.64. The number of amides is 1. The second-order valence-electron chi connectivity index (χ2n) is 4.06. The molecule has 1 aliphatic rings. The number of rotatable bonds is 6. The van der Waals surface area contributed by atoms with Crippen molar-refractivity contribution in [2.75, 3.05) is 23.9 Å². The van der Waals surface area contributed by atoms with Gasteiger partial charge in [0.1, 0.15) is 0 Å². The van der Waals surface area contributed by atoms with Gasteiger partial charge in [-0.25, -0.2) is 0 Å². The second kappa shape index (κ2) is 7.39. The Bertz CT molecular complexity index is 195. The molecule has 15 heavy (non-hydrogen) atoms. The van der Waals surface area contributed by atoms with Gasteiger partial charge in [0.25, 0.3) is 0 Å². The van der Waals surface area contributed by atoms with Gasteiger partial charge in [0.15, 0.2) is 0 Å². The largest absolute Gasteiger partial charge is 0.356 e. The first kappa shape index (κ1) is 13.2. The molecule has 1 N–H and O–H groups in total. The van der Waals surface area contributed by atoms with Gasteiger partial charge in [-0.05, 0) is 24.5 Å². The van der Waals surface area contributed by atoms with Crippen LogP contribution in [0.25, 0.3) is 0 Å². The number of carbonyl (C=O) groups excluding carboxylic acids is 1. The molecular weight excluding hydrogens is 230 g/mol. The SMILES string of the molecule is CCC(CCCl)CNC(=O)C1CCSC1. The van der Waals surface area contributed by atoms with Crippen molar-refractivity contribution < 1.29 is 4.79 Å². The van der Waals surface area contributed by atoms with E-state index in [1.54, 1.807) is 0 Å². The fourth-order valence-electron chi connectivity index (χ4n) is 1.74. The van der Waals surface area contributed by atoms with Gasteiger partial charge in [0, 0.05) is 24.1 Å². The minimum atomic E-state index is 0.244. The van der Waals surface area contributed by atoms with Gasteiger partial charge in [-0.2, -0.15) is 11.8 Å². The predicted molar refractivity (Wildman–Crippen MR) is 67.6 cm³/mol. The zero-order valence-corrected chi connectivity index (χ0v) is 10.9. The van der Waals surface area contributed by atoms with Crippen molar-refractivity contribution in [3.63, 3.8) is 0 Å². The molecule has 4 heteroatoms. The second-order valence-corrected chi connectivity index (χ2v) is 5.59. The molecule has 0 aromatic carbocycles. The van der Waals surface area contributed by atoms with Crippen LogP contribution in [-0.2, 0) is 4.79 Å². The monoisotopic (exact) mass is 249 g/mol. The highest BCUT2D eigenvalue weighted by molar-refractivity contribution is 7.99. The Labute approximate surface area is 102 Å². The van der Waals surface area contributed by atoms with Crippen LogP contribution in [0.2, 0.25) is 0 Å². The Morgan fingerprint density at radius 2 is 2.47 bits per heavy atom. The summed E-state index contributed by atoms with van der Waals surface area (Å²) in [4.78, 5) is 11.7. The molecule has 1 fully saturated rings. The van der Waals surface area contributed by atoms with Crippen molar-refractivity contribution in [3.05, 3.63) is 0 Å². The fourth-order valence-corrected chi connectivity index (χ4v) is 3.26. The zero-order chi connectivity index (χ0) is 11.1. The van der Waals surface area contributed by atoms with Crippen LogP contribution in [0.4, 0.5) is 0 Å². The molecule has 0 aromatic heterocycles. The van der Waals surface area contributed by atoms with Gasteiger partial charge in [-0.1, -0.05) is 13.3 Å². The maximum Gasteiger partial charge on any atom is 0.223 e. The van der Waals surface area contributed by atoms with Crippen LogP contribution in [0.5, 0.6) is 0 Å². The third-order valence-electron chi connectivity index (χ3n) is 2.96. The Hall–Kier alpha value is 0.110. The molecule has 1 amide bonds. The molecule has 0 bridgehead atoms. The summed E-state index contributed by atoms with van der Waals surface area (Å²) in [6.45, 7) is 2.94. The average Bonchev–Trinajstić information content (AvgIpc) is 2.77. The van der Waals surface area contributed by atoms with Crippen LogP contribution in [0.15, 0.2) is 0 Å². The minimum Gasteiger partial charge on any atom is -0.356 e. The summed E-state index contributed by atoms with van der Waals surface area (Å²) in [5.74, 6) is 3.86. The summed E-state index contributed by atoms with van der Waals surface area (Å²) in [6.07, 6.45) is 3.13. The lowest BCUT2D eigenvalue weighted by atomic mass is 10.0. The summed E-state index contributed by atoms with van der Waals surface area (Å²) in [5.41, 5.74) is 0. The molecule has 1 heterocycles. The Morgan fingerprint density at radius 1 is 1.67 bits per heavy atom. The van der Waals surface area contributed by atoms with Crippen LogP contribution in [0, 0.1) is 11.8 Å². The third-order valence-corrected chi connectivity index (χ3v) is 4.34. The number of thioether (sulfide) groups is 1. The van der Waals surface area contributed by atoms with Crippen molar-refractivity contribution in [1.82, 2.24) is 5.32 Å². The molecular formula is C11H20ClNOS. The first-order valence-corrected chi connectivity index (χ1v) is 7.38. The molecule has 0 aromatic rings. The number of hydrogen-bond donors (Lipinski definition) is 1. The van der Waals surface area contributed by atoms with E-state index in [4.69, 9.17) is 11.6 Å². The number of carbonyl (C=O) groups is 1. The summed E-state index contributed by atoms with van der Waals surface area (Å²) >= 11 is 7.58. The molecule has 0 aliphatic carbocycles. The van der Waals surface area contributed by atoms with E-state index in [0.29, 0.717) is 11.8 Å². The summed E-state index contributed by atoms with van der Waals surface area (Å²) < 4.78 is 0. The van der Waals surface area contributed by atoms with Gasteiger partial charge in [-0.3, -0.25) is 4.79 Å². The van der Waals surface area contributed by atoms with Crippen LogP contribution in [-0.4, -0.2) is 29.8 Å². The highest BCUT2D eigenvalue weighted by Gasteiger charge is 2.23. The van der Waals surface area contributed by atoms with E-state index in [1.807, 2.05) is 11.8 Å². The Balaban J connectivity index is 2.19. The number of hydrogen-bond acceptors (Lipinski definition) is 2. The van der Waals surface area contributed by atoms with E-state index in [0.717, 1.165) is 37.3 Å². The molecule has 1 saturated heterocycles. The molecule has 0 spiro atoms. The standard InChI is InChI=1S/C11H20ClNOS/c1-2-9(3-5-12)7-13-11(14)10-4-6-15-8-10/h9-10H,2-8H2,1H3,(H,13,14). The van der Waals surface area contributed by atoms with E-state index >= 15 is 0 Å². The van der Waals surface area contributed by atoms with Crippen LogP contribution in [0.3, 0.4) is 0 Å². The van der Waals surface area contributed by atoms with Gasteiger partial charge >= 0.3 is 0 Å². The van der Waals surface area contributed by atoms with Gasteiger partial charge < -0.3 is 5.32 Å². The number of halogens is 1. The van der Waals surface area contributed by atoms with E-state index in [-0.39, 0.29) is 11.8 Å². The van der Waals surface area contributed by atoms with Gasteiger partial charge in [-0.15, -0.1) is 11.6 Å². The summed E-state index contributed by atoms with van der Waals surface area (Å²) in [6, 6.07) is 0. The smallest absolute Gasteiger partial charge is 0.223 e. The quantitative estimate of drug-likeness (QED) is 0.733.